The second-order valence-corrected chi connectivity index (χ2v) is 4.60. The highest BCUT2D eigenvalue weighted by molar-refractivity contribution is 6.16. The molecule has 2 aromatic rings. The quantitative estimate of drug-likeness (QED) is 0.793. The van der Waals surface area contributed by atoms with E-state index in [1.54, 1.807) is 29.8 Å². The van der Waals surface area contributed by atoms with Crippen LogP contribution >= 0.6 is 11.6 Å². The van der Waals surface area contributed by atoms with E-state index in [2.05, 4.69) is 9.97 Å². The van der Waals surface area contributed by atoms with E-state index in [0.717, 1.165) is 11.1 Å². The Hall–Kier alpha value is -1.62. The smallest absolute Gasteiger partial charge is 0.242 e. The maximum atomic E-state index is 11.8. The molecule has 6 heteroatoms. The van der Waals surface area contributed by atoms with Crippen LogP contribution in [-0.4, -0.2) is 39.4 Å². The Morgan fingerprint density at radius 3 is 2.83 bits per heavy atom. The van der Waals surface area contributed by atoms with Gasteiger partial charge in [0.05, 0.1) is 5.88 Å². The highest BCUT2D eigenvalue weighted by atomic mass is 35.5. The lowest BCUT2D eigenvalue weighted by molar-refractivity contribution is -0.129. The number of fused-ring (bicyclic) bond motifs is 1. The average molecular weight is 267 g/mol. The molecule has 0 aromatic carbocycles. The zero-order valence-corrected chi connectivity index (χ0v) is 11.4. The van der Waals surface area contributed by atoms with Gasteiger partial charge in [0.2, 0.25) is 5.91 Å². The minimum atomic E-state index is -0.0102. The van der Waals surface area contributed by atoms with Gasteiger partial charge in [-0.05, 0) is 18.6 Å². The zero-order chi connectivity index (χ0) is 13.3. The average Bonchev–Trinajstić information content (AvgIpc) is 2.69. The molecule has 0 atom stereocenters. The number of carbonyl (C=O) groups excluding carboxylic acids is 1. The van der Waals surface area contributed by atoms with Crippen LogP contribution in [0.15, 0.2) is 12.3 Å². The third-order valence-electron chi connectivity index (χ3n) is 2.83. The highest BCUT2D eigenvalue weighted by Crippen LogP contribution is 2.18. The summed E-state index contributed by atoms with van der Waals surface area (Å²) in [5, 5.41) is 0. The van der Waals surface area contributed by atoms with Crippen molar-refractivity contribution in [2.24, 2.45) is 0 Å². The molecule has 0 aliphatic heterocycles. The molecule has 0 radical (unpaired) electrons. The fourth-order valence-electron chi connectivity index (χ4n) is 1.73. The number of imidazole rings is 1. The summed E-state index contributed by atoms with van der Waals surface area (Å²) in [6, 6.07) is 1.89. The normalized spacial score (nSPS) is 10.9. The van der Waals surface area contributed by atoms with Gasteiger partial charge in [-0.25, -0.2) is 9.97 Å². The molecule has 0 aliphatic carbocycles. The van der Waals surface area contributed by atoms with Gasteiger partial charge in [0.15, 0.2) is 5.65 Å². The van der Waals surface area contributed by atoms with Crippen molar-refractivity contribution in [2.75, 3.05) is 14.1 Å². The monoisotopic (exact) mass is 266 g/mol. The van der Waals surface area contributed by atoms with Crippen molar-refractivity contribution in [1.29, 1.82) is 0 Å². The second-order valence-electron chi connectivity index (χ2n) is 4.34. The van der Waals surface area contributed by atoms with Crippen molar-refractivity contribution in [3.63, 3.8) is 0 Å². The van der Waals surface area contributed by atoms with E-state index in [9.17, 15) is 4.79 Å². The molecule has 2 heterocycles. The molecule has 96 valence electrons. The molecule has 0 unspecified atom stereocenters. The molecule has 0 saturated heterocycles. The van der Waals surface area contributed by atoms with Crippen LogP contribution in [0.5, 0.6) is 0 Å². The minimum Gasteiger partial charge on any atom is -0.347 e. The van der Waals surface area contributed by atoms with Crippen molar-refractivity contribution in [1.82, 2.24) is 19.4 Å². The molecule has 0 N–H and O–H groups in total. The summed E-state index contributed by atoms with van der Waals surface area (Å²) in [7, 11) is 3.45. The van der Waals surface area contributed by atoms with Crippen molar-refractivity contribution in [2.45, 2.75) is 19.3 Å². The first-order valence-electron chi connectivity index (χ1n) is 5.61. The summed E-state index contributed by atoms with van der Waals surface area (Å²) in [6.45, 7) is 2.18. The fourth-order valence-corrected chi connectivity index (χ4v) is 1.93. The summed E-state index contributed by atoms with van der Waals surface area (Å²) >= 11 is 5.88. The van der Waals surface area contributed by atoms with Gasteiger partial charge in [0.25, 0.3) is 0 Å². The predicted molar refractivity (Wildman–Crippen MR) is 70.5 cm³/mol. The number of hydrogen-bond acceptors (Lipinski definition) is 3. The summed E-state index contributed by atoms with van der Waals surface area (Å²) in [4.78, 5) is 22.1. The molecule has 2 rings (SSSR count). The number of hydrogen-bond donors (Lipinski definition) is 0. The summed E-state index contributed by atoms with van der Waals surface area (Å²) < 4.78 is 1.78. The molecule has 0 aliphatic rings. The molecule has 0 fully saturated rings. The molecule has 0 saturated carbocycles. The number of carbonyl (C=O) groups is 1. The van der Waals surface area contributed by atoms with Crippen molar-refractivity contribution >= 4 is 28.7 Å². The van der Waals surface area contributed by atoms with Gasteiger partial charge < -0.3 is 9.47 Å². The van der Waals surface area contributed by atoms with E-state index in [4.69, 9.17) is 11.6 Å². The largest absolute Gasteiger partial charge is 0.347 e. The lowest BCUT2D eigenvalue weighted by Gasteiger charge is -2.12. The number of aryl methyl sites for hydroxylation is 1. The van der Waals surface area contributed by atoms with E-state index in [1.165, 1.54) is 0 Å². The van der Waals surface area contributed by atoms with Crippen LogP contribution in [0.2, 0.25) is 0 Å². The van der Waals surface area contributed by atoms with Gasteiger partial charge in [-0.2, -0.15) is 0 Å². The Balaban J connectivity index is 2.54. The van der Waals surface area contributed by atoms with Crippen LogP contribution in [0.25, 0.3) is 11.2 Å². The van der Waals surface area contributed by atoms with Crippen LogP contribution in [0.4, 0.5) is 0 Å². The first-order valence-corrected chi connectivity index (χ1v) is 6.15. The van der Waals surface area contributed by atoms with Crippen LogP contribution in [-0.2, 0) is 17.2 Å². The molecule has 18 heavy (non-hydrogen) atoms. The summed E-state index contributed by atoms with van der Waals surface area (Å²) in [6.07, 6.45) is 1.72. The third kappa shape index (κ3) is 2.18. The fraction of sp³-hybridized carbons (Fsp3) is 0.417. The van der Waals surface area contributed by atoms with Crippen LogP contribution in [0, 0.1) is 6.92 Å². The van der Waals surface area contributed by atoms with Gasteiger partial charge in [0.1, 0.15) is 17.9 Å². The Kier molecular flexibility index (Phi) is 3.52. The number of likely N-dealkylation sites (N-methyl/N-ethyl adjacent to an activating group) is 1. The van der Waals surface area contributed by atoms with Crippen LogP contribution < -0.4 is 0 Å². The number of aromatic nitrogens is 3. The van der Waals surface area contributed by atoms with E-state index in [-0.39, 0.29) is 18.3 Å². The second kappa shape index (κ2) is 4.94. The Morgan fingerprint density at radius 2 is 2.22 bits per heavy atom. The minimum absolute atomic E-state index is 0.0102. The SMILES string of the molecule is Cc1ccnc2c1nc(CCl)n2CC(=O)N(C)C. The van der Waals surface area contributed by atoms with Gasteiger partial charge in [-0.1, -0.05) is 0 Å². The van der Waals surface area contributed by atoms with Gasteiger partial charge in [-0.15, -0.1) is 11.6 Å². The van der Waals surface area contributed by atoms with Gasteiger partial charge in [-0.3, -0.25) is 4.79 Å². The zero-order valence-electron chi connectivity index (χ0n) is 10.6. The van der Waals surface area contributed by atoms with E-state index >= 15 is 0 Å². The number of nitrogens with zero attached hydrogens (tertiary/aromatic N) is 4. The van der Waals surface area contributed by atoms with Gasteiger partial charge in [0, 0.05) is 20.3 Å². The maximum absolute atomic E-state index is 11.8. The lowest BCUT2D eigenvalue weighted by atomic mass is 10.3. The topological polar surface area (TPSA) is 51.0 Å². The van der Waals surface area contributed by atoms with Crippen molar-refractivity contribution in [3.8, 4) is 0 Å². The van der Waals surface area contributed by atoms with Crippen LogP contribution in [0.3, 0.4) is 0 Å². The first kappa shape index (κ1) is 12.8. The summed E-state index contributed by atoms with van der Waals surface area (Å²) in [5.74, 6) is 0.920. The number of pyridine rings is 1. The van der Waals surface area contributed by atoms with E-state index in [0.29, 0.717) is 11.5 Å². The Bertz CT molecular complexity index is 591. The number of amides is 1. The van der Waals surface area contributed by atoms with Gasteiger partial charge >= 0.3 is 0 Å². The molecule has 2 aromatic heterocycles. The molecular formula is C12H15ClN4O. The molecule has 1 amide bonds. The van der Waals surface area contributed by atoms with Crippen molar-refractivity contribution in [3.05, 3.63) is 23.7 Å². The molecule has 5 nitrogen and oxygen atoms in total. The third-order valence-corrected chi connectivity index (χ3v) is 3.07. The lowest BCUT2D eigenvalue weighted by Crippen LogP contribution is -2.27. The van der Waals surface area contributed by atoms with Crippen LogP contribution in [0.1, 0.15) is 11.4 Å². The number of alkyl halides is 1. The standard InChI is InChI=1S/C12H15ClN4O/c1-8-4-5-14-12-11(8)15-9(6-13)17(12)7-10(18)16(2)3/h4-5H,6-7H2,1-3H3. The maximum Gasteiger partial charge on any atom is 0.242 e. The van der Waals surface area contributed by atoms with Crippen molar-refractivity contribution < 1.29 is 4.79 Å². The molecule has 0 spiro atoms. The molecular weight excluding hydrogens is 252 g/mol. The Morgan fingerprint density at radius 1 is 1.50 bits per heavy atom. The number of rotatable bonds is 3. The molecule has 0 bridgehead atoms. The summed E-state index contributed by atoms with van der Waals surface area (Å²) in [5.41, 5.74) is 2.54. The Labute approximate surface area is 110 Å². The highest BCUT2D eigenvalue weighted by Gasteiger charge is 2.15. The predicted octanol–water partition coefficient (Wildman–Crippen LogP) is 1.57. The first-order chi connectivity index (χ1) is 8.54. The van der Waals surface area contributed by atoms with E-state index in [1.807, 2.05) is 13.0 Å². The number of halogens is 1. The van der Waals surface area contributed by atoms with E-state index < -0.39 is 0 Å².